The zero-order valence-corrected chi connectivity index (χ0v) is 12.2. The first-order valence-electron chi connectivity index (χ1n) is 6.83. The lowest BCUT2D eigenvalue weighted by Crippen LogP contribution is -2.33. The van der Waals surface area contributed by atoms with Gasteiger partial charge in [-0.05, 0) is 39.2 Å². The molecular formula is C13H25NO3S. The van der Waals surface area contributed by atoms with Crippen molar-refractivity contribution < 1.29 is 13.2 Å². The van der Waals surface area contributed by atoms with E-state index in [0.29, 0.717) is 6.54 Å². The zero-order valence-electron chi connectivity index (χ0n) is 11.4. The number of nitrogens with two attached hydrogens (primary N) is 1. The van der Waals surface area contributed by atoms with Gasteiger partial charge >= 0.3 is 0 Å². The summed E-state index contributed by atoms with van der Waals surface area (Å²) in [5.74, 6) is 0.325. The Morgan fingerprint density at radius 2 is 1.89 bits per heavy atom. The maximum atomic E-state index is 12.1. The summed E-state index contributed by atoms with van der Waals surface area (Å²) < 4.78 is 23.4. The lowest BCUT2D eigenvalue weighted by atomic mass is 9.76. The lowest BCUT2D eigenvalue weighted by Gasteiger charge is -2.29. The number of hydrogen-bond acceptors (Lipinski definition) is 4. The van der Waals surface area contributed by atoms with Crippen molar-refractivity contribution in [2.24, 2.45) is 17.6 Å². The molecule has 0 heterocycles. The lowest BCUT2D eigenvalue weighted by molar-refractivity contribution is -0.125. The summed E-state index contributed by atoms with van der Waals surface area (Å²) in [5, 5.41) is -0.401. The van der Waals surface area contributed by atoms with Gasteiger partial charge in [0.05, 0.1) is 11.0 Å². The Hall–Kier alpha value is -0.420. The molecule has 2 unspecified atom stereocenters. The fraction of sp³-hybridized carbons (Fsp3) is 0.923. The third-order valence-electron chi connectivity index (χ3n) is 3.98. The first kappa shape index (κ1) is 15.6. The third-order valence-corrected chi connectivity index (χ3v) is 6.19. The molecule has 0 amide bonds. The summed E-state index contributed by atoms with van der Waals surface area (Å²) >= 11 is 0. The molecule has 1 aliphatic rings. The van der Waals surface area contributed by atoms with Gasteiger partial charge in [0.1, 0.15) is 5.78 Å². The third kappa shape index (κ3) is 4.05. The molecule has 18 heavy (non-hydrogen) atoms. The Bertz CT molecular complexity index is 376. The number of sulfone groups is 1. The van der Waals surface area contributed by atoms with E-state index in [1.807, 2.05) is 0 Å². The number of Topliss-reactive ketones (excluding diaryl/α,β-unsaturated/α-hetero) is 1. The van der Waals surface area contributed by atoms with Crippen LogP contribution in [0.2, 0.25) is 0 Å². The van der Waals surface area contributed by atoms with Crippen LogP contribution in [0, 0.1) is 11.8 Å². The largest absolute Gasteiger partial charge is 0.330 e. The van der Waals surface area contributed by atoms with E-state index in [2.05, 4.69) is 0 Å². The number of hydrogen-bond donors (Lipinski definition) is 1. The van der Waals surface area contributed by atoms with Crippen LogP contribution >= 0.6 is 0 Å². The van der Waals surface area contributed by atoms with Gasteiger partial charge in [-0.3, -0.25) is 4.79 Å². The Kier molecular flexibility index (Phi) is 5.79. The normalized spacial score (nSPS) is 25.3. The van der Waals surface area contributed by atoms with E-state index in [9.17, 15) is 13.2 Å². The number of carbonyl (C=O) groups is 1. The molecule has 1 fully saturated rings. The molecule has 0 radical (unpaired) electrons. The van der Waals surface area contributed by atoms with Gasteiger partial charge in [0.2, 0.25) is 0 Å². The van der Waals surface area contributed by atoms with Crippen LogP contribution in [0.1, 0.15) is 46.0 Å². The van der Waals surface area contributed by atoms with Gasteiger partial charge in [-0.1, -0.05) is 12.8 Å². The second-order valence-electron chi connectivity index (χ2n) is 5.52. The van der Waals surface area contributed by atoms with Crippen LogP contribution < -0.4 is 5.73 Å². The monoisotopic (exact) mass is 275 g/mol. The molecule has 0 bridgehead atoms. The molecule has 2 atom stereocenters. The van der Waals surface area contributed by atoms with Gasteiger partial charge in [-0.15, -0.1) is 0 Å². The van der Waals surface area contributed by atoms with Crippen LogP contribution in [0.25, 0.3) is 0 Å². The highest BCUT2D eigenvalue weighted by atomic mass is 32.2. The van der Waals surface area contributed by atoms with Crippen molar-refractivity contribution in [1.29, 1.82) is 0 Å². The van der Waals surface area contributed by atoms with Crippen molar-refractivity contribution in [3.8, 4) is 0 Å². The molecule has 1 saturated carbocycles. The molecule has 5 heteroatoms. The number of carbonyl (C=O) groups excluding carboxylic acids is 1. The van der Waals surface area contributed by atoms with E-state index in [1.54, 1.807) is 13.8 Å². The van der Waals surface area contributed by atoms with Crippen LogP contribution in [0.4, 0.5) is 0 Å². The van der Waals surface area contributed by atoms with Crippen LogP contribution in [0.3, 0.4) is 0 Å². The molecule has 0 saturated heterocycles. The second-order valence-corrected chi connectivity index (χ2v) is 8.20. The topological polar surface area (TPSA) is 77.2 Å². The maximum absolute atomic E-state index is 12.1. The first-order chi connectivity index (χ1) is 8.38. The fourth-order valence-corrected chi connectivity index (χ4v) is 3.53. The molecule has 106 valence electrons. The first-order valence-corrected chi connectivity index (χ1v) is 8.54. The molecule has 0 aromatic carbocycles. The Balaban J connectivity index is 2.54. The minimum Gasteiger partial charge on any atom is -0.330 e. The fourth-order valence-electron chi connectivity index (χ4n) is 2.58. The molecule has 0 spiro atoms. The van der Waals surface area contributed by atoms with E-state index in [4.69, 9.17) is 5.73 Å². The van der Waals surface area contributed by atoms with Crippen molar-refractivity contribution in [2.45, 2.75) is 51.2 Å². The van der Waals surface area contributed by atoms with Crippen LogP contribution in [-0.2, 0) is 14.6 Å². The molecule has 1 rings (SSSR count). The van der Waals surface area contributed by atoms with Crippen LogP contribution in [0.15, 0.2) is 0 Å². The van der Waals surface area contributed by atoms with E-state index in [1.165, 1.54) is 0 Å². The minimum absolute atomic E-state index is 0.00823. The molecule has 4 nitrogen and oxygen atoms in total. The summed E-state index contributed by atoms with van der Waals surface area (Å²) in [5.41, 5.74) is 5.69. The quantitative estimate of drug-likeness (QED) is 0.797. The predicted molar refractivity (Wildman–Crippen MR) is 73.0 cm³/mol. The highest BCUT2D eigenvalue weighted by Gasteiger charge is 2.30. The highest BCUT2D eigenvalue weighted by molar-refractivity contribution is 7.91. The molecule has 1 aliphatic carbocycles. The van der Waals surface area contributed by atoms with Gasteiger partial charge in [0.15, 0.2) is 9.84 Å². The number of ketones is 1. The van der Waals surface area contributed by atoms with Crippen LogP contribution in [0.5, 0.6) is 0 Å². The Labute approximate surface area is 110 Å². The smallest absolute Gasteiger partial charge is 0.153 e. The summed E-state index contributed by atoms with van der Waals surface area (Å²) in [4.78, 5) is 12.1. The summed E-state index contributed by atoms with van der Waals surface area (Å²) in [6, 6.07) is 0. The summed E-state index contributed by atoms with van der Waals surface area (Å²) in [6.07, 6.45) is 4.23. The second kappa shape index (κ2) is 6.66. The van der Waals surface area contributed by atoms with Crippen LogP contribution in [-0.4, -0.2) is 31.7 Å². The molecule has 0 aromatic rings. The van der Waals surface area contributed by atoms with Crippen molar-refractivity contribution in [3.05, 3.63) is 0 Å². The van der Waals surface area contributed by atoms with Gasteiger partial charge in [-0.2, -0.15) is 0 Å². The van der Waals surface area contributed by atoms with Crippen molar-refractivity contribution in [1.82, 2.24) is 0 Å². The zero-order chi connectivity index (χ0) is 13.8. The van der Waals surface area contributed by atoms with Gasteiger partial charge in [0.25, 0.3) is 0 Å². The van der Waals surface area contributed by atoms with Gasteiger partial charge in [-0.25, -0.2) is 8.42 Å². The molecule has 2 N–H and O–H groups in total. The van der Waals surface area contributed by atoms with E-state index >= 15 is 0 Å². The van der Waals surface area contributed by atoms with E-state index in [-0.39, 0.29) is 29.8 Å². The Morgan fingerprint density at radius 1 is 1.28 bits per heavy atom. The average Bonchev–Trinajstić information content (AvgIpc) is 2.35. The molecular weight excluding hydrogens is 250 g/mol. The molecule has 0 aliphatic heterocycles. The van der Waals surface area contributed by atoms with E-state index in [0.717, 1.165) is 25.7 Å². The van der Waals surface area contributed by atoms with Crippen molar-refractivity contribution in [3.63, 3.8) is 0 Å². The Morgan fingerprint density at radius 3 is 2.44 bits per heavy atom. The summed E-state index contributed by atoms with van der Waals surface area (Å²) in [7, 11) is -3.11. The SMILES string of the molecule is CC(C)S(=O)(=O)CCC(=O)C1CCCCC1CN. The average molecular weight is 275 g/mol. The minimum atomic E-state index is -3.11. The summed E-state index contributed by atoms with van der Waals surface area (Å²) in [6.45, 7) is 3.85. The van der Waals surface area contributed by atoms with E-state index < -0.39 is 15.1 Å². The highest BCUT2D eigenvalue weighted by Crippen LogP contribution is 2.30. The maximum Gasteiger partial charge on any atom is 0.153 e. The molecule has 0 aromatic heterocycles. The van der Waals surface area contributed by atoms with Gasteiger partial charge < -0.3 is 5.73 Å². The van der Waals surface area contributed by atoms with Crippen molar-refractivity contribution in [2.75, 3.05) is 12.3 Å². The number of rotatable bonds is 6. The van der Waals surface area contributed by atoms with Gasteiger partial charge in [0, 0.05) is 12.3 Å². The predicted octanol–water partition coefficient (Wildman–Crippen LogP) is 1.53. The standard InChI is InChI=1S/C13H25NO3S/c1-10(2)18(16,17)8-7-13(15)12-6-4-3-5-11(12)9-14/h10-12H,3-9,14H2,1-2H3. The van der Waals surface area contributed by atoms with Crippen molar-refractivity contribution >= 4 is 15.6 Å².